The molecule has 1 aliphatic carbocycles. The highest BCUT2D eigenvalue weighted by Crippen LogP contribution is 2.35. The van der Waals surface area contributed by atoms with Crippen LogP contribution in [0.25, 0.3) is 0 Å². The van der Waals surface area contributed by atoms with E-state index in [1.165, 1.54) is 6.92 Å². The molecule has 23 heavy (non-hydrogen) atoms. The molecular formula is C19H18O4. The molecule has 0 saturated heterocycles. The molecule has 4 nitrogen and oxygen atoms in total. The third-order valence-corrected chi connectivity index (χ3v) is 3.87. The maximum atomic E-state index is 13.0. The van der Waals surface area contributed by atoms with Crippen LogP contribution in [0.4, 0.5) is 0 Å². The van der Waals surface area contributed by atoms with Crippen LogP contribution in [0.5, 0.6) is 11.5 Å². The Bertz CT molecular complexity index is 777. The van der Waals surface area contributed by atoms with Gasteiger partial charge in [-0.3, -0.25) is 9.59 Å². The molecule has 0 unspecified atom stereocenters. The summed E-state index contributed by atoms with van der Waals surface area (Å²) in [6.45, 7) is 3.65. The number of ketones is 1. The summed E-state index contributed by atoms with van der Waals surface area (Å²) in [5.74, 6) is 0.461. The molecule has 0 heterocycles. The van der Waals surface area contributed by atoms with E-state index in [4.69, 9.17) is 9.47 Å². The number of rotatable bonds is 3. The number of ether oxygens (including phenoxy) is 2. The van der Waals surface area contributed by atoms with Gasteiger partial charge in [-0.2, -0.15) is 0 Å². The van der Waals surface area contributed by atoms with Crippen LogP contribution in [0.3, 0.4) is 0 Å². The highest BCUT2D eigenvalue weighted by atomic mass is 16.5. The van der Waals surface area contributed by atoms with E-state index >= 15 is 0 Å². The second-order valence-electron chi connectivity index (χ2n) is 5.47. The zero-order chi connectivity index (χ0) is 16.4. The number of fused-ring (bicyclic) bond motifs is 2. The lowest BCUT2D eigenvalue weighted by molar-refractivity contribution is -0.131. The van der Waals surface area contributed by atoms with Crippen molar-refractivity contribution in [3.8, 4) is 11.5 Å². The number of carbonyl (C=O) groups is 2. The van der Waals surface area contributed by atoms with E-state index in [0.29, 0.717) is 35.7 Å². The summed E-state index contributed by atoms with van der Waals surface area (Å²) < 4.78 is 10.8. The molecule has 0 aliphatic heterocycles. The molecule has 2 aromatic carbocycles. The van der Waals surface area contributed by atoms with Crippen molar-refractivity contribution < 1.29 is 19.1 Å². The average Bonchev–Trinajstić information content (AvgIpc) is 2.65. The molecule has 0 saturated carbocycles. The number of hydrogen-bond acceptors (Lipinski definition) is 4. The molecule has 0 bridgehead atoms. The predicted molar refractivity (Wildman–Crippen MR) is 86.2 cm³/mol. The number of benzene rings is 2. The molecule has 118 valence electrons. The molecule has 0 N–H and O–H groups in total. The highest BCUT2D eigenvalue weighted by Gasteiger charge is 2.25. The minimum absolute atomic E-state index is 0.0362. The maximum Gasteiger partial charge on any atom is 0.308 e. The second-order valence-corrected chi connectivity index (χ2v) is 5.47. The number of esters is 1. The van der Waals surface area contributed by atoms with Crippen LogP contribution in [-0.4, -0.2) is 18.4 Å². The molecule has 0 atom stereocenters. The molecule has 0 fully saturated rings. The average molecular weight is 310 g/mol. The van der Waals surface area contributed by atoms with E-state index < -0.39 is 5.97 Å². The van der Waals surface area contributed by atoms with E-state index in [0.717, 1.165) is 17.5 Å². The summed E-state index contributed by atoms with van der Waals surface area (Å²) in [4.78, 5) is 24.2. The van der Waals surface area contributed by atoms with Crippen molar-refractivity contribution in [3.05, 3.63) is 58.7 Å². The summed E-state index contributed by atoms with van der Waals surface area (Å²) in [6.07, 6.45) is 1.47. The molecule has 3 rings (SSSR count). The summed E-state index contributed by atoms with van der Waals surface area (Å²) in [6, 6.07) is 11.0. The van der Waals surface area contributed by atoms with Crippen molar-refractivity contribution in [2.45, 2.75) is 26.7 Å². The molecule has 2 aromatic rings. The summed E-state index contributed by atoms with van der Waals surface area (Å²) in [5, 5.41) is 0. The summed E-state index contributed by atoms with van der Waals surface area (Å²) in [5.41, 5.74) is 3.18. The standard InChI is InChI=1S/C19H18O4/c1-3-22-17-11-15(23-12(2)20)10-14-9-8-13-6-4-5-7-16(13)19(21)18(14)17/h4-7,10-11H,3,8-9H2,1-2H3. The first-order valence-corrected chi connectivity index (χ1v) is 7.71. The zero-order valence-corrected chi connectivity index (χ0v) is 13.2. The lowest BCUT2D eigenvalue weighted by Crippen LogP contribution is -2.09. The second kappa shape index (κ2) is 6.24. The lowest BCUT2D eigenvalue weighted by Gasteiger charge is -2.14. The van der Waals surface area contributed by atoms with Crippen LogP contribution in [0.2, 0.25) is 0 Å². The number of aryl methyl sites for hydroxylation is 2. The number of carbonyl (C=O) groups excluding carboxylic acids is 2. The Hall–Kier alpha value is -2.62. The monoisotopic (exact) mass is 310 g/mol. The summed E-state index contributed by atoms with van der Waals surface area (Å²) in [7, 11) is 0. The zero-order valence-electron chi connectivity index (χ0n) is 13.2. The van der Waals surface area contributed by atoms with Crippen molar-refractivity contribution >= 4 is 11.8 Å². The van der Waals surface area contributed by atoms with E-state index in [1.54, 1.807) is 12.1 Å². The molecule has 1 aliphatic rings. The van der Waals surface area contributed by atoms with Crippen LogP contribution in [0, 0.1) is 0 Å². The Morgan fingerprint density at radius 1 is 1.13 bits per heavy atom. The van der Waals surface area contributed by atoms with Crippen LogP contribution >= 0.6 is 0 Å². The van der Waals surface area contributed by atoms with Crippen molar-refractivity contribution in [2.24, 2.45) is 0 Å². The van der Waals surface area contributed by atoms with Gasteiger partial charge in [0.25, 0.3) is 0 Å². The van der Waals surface area contributed by atoms with Crippen molar-refractivity contribution in [2.75, 3.05) is 6.61 Å². The quantitative estimate of drug-likeness (QED) is 0.644. The van der Waals surface area contributed by atoms with Gasteiger partial charge in [0.05, 0.1) is 12.2 Å². The maximum absolute atomic E-state index is 13.0. The molecular weight excluding hydrogens is 292 g/mol. The minimum Gasteiger partial charge on any atom is -0.493 e. The first kappa shape index (κ1) is 15.3. The van der Waals surface area contributed by atoms with Crippen molar-refractivity contribution in [3.63, 3.8) is 0 Å². The molecule has 0 spiro atoms. The minimum atomic E-state index is -0.393. The van der Waals surface area contributed by atoms with E-state index in [9.17, 15) is 9.59 Å². The van der Waals surface area contributed by atoms with Gasteiger partial charge in [0.1, 0.15) is 11.5 Å². The SMILES string of the molecule is CCOc1cc(OC(C)=O)cc2c1C(=O)c1ccccc1CC2. The van der Waals surface area contributed by atoms with E-state index in [1.807, 2.05) is 31.2 Å². The van der Waals surface area contributed by atoms with Gasteiger partial charge >= 0.3 is 5.97 Å². The highest BCUT2D eigenvalue weighted by molar-refractivity contribution is 6.13. The van der Waals surface area contributed by atoms with Crippen LogP contribution in [0.15, 0.2) is 36.4 Å². The van der Waals surface area contributed by atoms with E-state index in [2.05, 4.69) is 0 Å². The number of hydrogen-bond donors (Lipinski definition) is 0. The van der Waals surface area contributed by atoms with Gasteiger partial charge in [-0.25, -0.2) is 0 Å². The Morgan fingerprint density at radius 3 is 2.61 bits per heavy atom. The van der Waals surface area contributed by atoms with Crippen molar-refractivity contribution in [1.29, 1.82) is 0 Å². The fraction of sp³-hybridized carbons (Fsp3) is 0.263. The smallest absolute Gasteiger partial charge is 0.308 e. The predicted octanol–water partition coefficient (Wildman–Crippen LogP) is 3.34. The van der Waals surface area contributed by atoms with E-state index in [-0.39, 0.29) is 5.78 Å². The Balaban J connectivity index is 2.15. The topological polar surface area (TPSA) is 52.6 Å². The Morgan fingerprint density at radius 2 is 1.87 bits per heavy atom. The van der Waals surface area contributed by atoms with Gasteiger partial charge in [0.15, 0.2) is 5.78 Å². The van der Waals surface area contributed by atoms with Gasteiger partial charge in [-0.15, -0.1) is 0 Å². The third kappa shape index (κ3) is 2.97. The lowest BCUT2D eigenvalue weighted by atomic mass is 9.97. The van der Waals surface area contributed by atoms with Crippen LogP contribution in [0.1, 0.15) is 40.9 Å². The van der Waals surface area contributed by atoms with Crippen LogP contribution in [-0.2, 0) is 17.6 Å². The van der Waals surface area contributed by atoms with Gasteiger partial charge in [0, 0.05) is 18.6 Å². The molecule has 0 aromatic heterocycles. The molecule has 4 heteroatoms. The largest absolute Gasteiger partial charge is 0.493 e. The third-order valence-electron chi connectivity index (χ3n) is 3.87. The van der Waals surface area contributed by atoms with Gasteiger partial charge in [-0.05, 0) is 37.0 Å². The molecule has 0 amide bonds. The first-order valence-electron chi connectivity index (χ1n) is 7.71. The van der Waals surface area contributed by atoms with Gasteiger partial charge in [0.2, 0.25) is 0 Å². The summed E-state index contributed by atoms with van der Waals surface area (Å²) >= 11 is 0. The Kier molecular flexibility index (Phi) is 4.15. The first-order chi connectivity index (χ1) is 11.1. The normalized spacial score (nSPS) is 12.9. The van der Waals surface area contributed by atoms with Gasteiger partial charge < -0.3 is 9.47 Å². The van der Waals surface area contributed by atoms with Crippen LogP contribution < -0.4 is 9.47 Å². The fourth-order valence-electron chi connectivity index (χ4n) is 2.96. The fourth-order valence-corrected chi connectivity index (χ4v) is 2.96. The van der Waals surface area contributed by atoms with Gasteiger partial charge in [-0.1, -0.05) is 24.3 Å². The van der Waals surface area contributed by atoms with Crippen molar-refractivity contribution in [1.82, 2.24) is 0 Å². The Labute approximate surface area is 135 Å². The molecule has 0 radical (unpaired) electrons.